The molecule has 2 aromatic rings. The van der Waals surface area contributed by atoms with Gasteiger partial charge in [0.15, 0.2) is 11.5 Å². The van der Waals surface area contributed by atoms with E-state index in [9.17, 15) is 14.7 Å². The predicted octanol–water partition coefficient (Wildman–Crippen LogP) is 1.97. The van der Waals surface area contributed by atoms with E-state index in [0.717, 1.165) is 16.2 Å². The van der Waals surface area contributed by atoms with Crippen LogP contribution in [0.3, 0.4) is 0 Å². The molecule has 0 saturated carbocycles. The minimum Gasteiger partial charge on any atom is -0.550 e. The molecule has 1 aromatic heterocycles. The van der Waals surface area contributed by atoms with Crippen LogP contribution in [0, 0.1) is 0 Å². The van der Waals surface area contributed by atoms with Gasteiger partial charge in [0, 0.05) is 29.3 Å². The van der Waals surface area contributed by atoms with Gasteiger partial charge in [0.2, 0.25) is 5.91 Å². The Morgan fingerprint density at radius 2 is 2.00 bits per heavy atom. The molecule has 2 heterocycles. The number of aliphatic carboxylic acids is 1. The molecule has 0 spiro atoms. The zero-order chi connectivity index (χ0) is 19.4. The number of amides is 1. The van der Waals surface area contributed by atoms with Crippen LogP contribution in [-0.2, 0) is 9.59 Å². The highest BCUT2D eigenvalue weighted by Crippen LogP contribution is 2.37. The summed E-state index contributed by atoms with van der Waals surface area (Å²) in [6.45, 7) is 0. The van der Waals surface area contributed by atoms with Crippen LogP contribution in [0.4, 0.5) is 0 Å². The van der Waals surface area contributed by atoms with Gasteiger partial charge in [-0.25, -0.2) is 5.01 Å². The fourth-order valence-corrected chi connectivity index (χ4v) is 3.77. The first-order valence-electron chi connectivity index (χ1n) is 8.38. The summed E-state index contributed by atoms with van der Waals surface area (Å²) >= 11 is 1.54. The minimum absolute atomic E-state index is 0.146. The van der Waals surface area contributed by atoms with Crippen LogP contribution in [0.2, 0.25) is 0 Å². The van der Waals surface area contributed by atoms with Gasteiger partial charge in [-0.3, -0.25) is 4.79 Å². The van der Waals surface area contributed by atoms with Crippen LogP contribution in [0.25, 0.3) is 0 Å². The monoisotopic (exact) mass is 387 g/mol. The quantitative estimate of drug-likeness (QED) is 0.724. The zero-order valence-corrected chi connectivity index (χ0v) is 15.8. The van der Waals surface area contributed by atoms with Crippen LogP contribution >= 0.6 is 11.3 Å². The van der Waals surface area contributed by atoms with Gasteiger partial charge >= 0.3 is 0 Å². The standard InChI is InChI=1S/C19H20N2O5S/c1-25-15-6-5-12(10-16(15)26-2)13-11-14(17-4-3-9-27-17)21(20-13)18(22)7-8-19(23)24/h3-6,9-10,14H,7-8,11H2,1-2H3,(H,23,24)/p-1/t14-/m1/s1. The number of carboxylic acids is 1. The number of carbonyl (C=O) groups excluding carboxylic acids is 2. The Labute approximate surface area is 160 Å². The highest BCUT2D eigenvalue weighted by atomic mass is 32.1. The largest absolute Gasteiger partial charge is 0.550 e. The molecule has 1 aromatic carbocycles. The Balaban J connectivity index is 1.90. The lowest BCUT2D eigenvalue weighted by atomic mass is 10.0. The lowest BCUT2D eigenvalue weighted by molar-refractivity contribution is -0.305. The Bertz CT molecular complexity index is 863. The first-order chi connectivity index (χ1) is 13.0. The van der Waals surface area contributed by atoms with Crippen molar-refractivity contribution in [3.05, 3.63) is 46.2 Å². The van der Waals surface area contributed by atoms with Gasteiger partial charge in [0.1, 0.15) is 0 Å². The summed E-state index contributed by atoms with van der Waals surface area (Å²) in [5, 5.41) is 18.5. The van der Waals surface area contributed by atoms with Crippen molar-refractivity contribution in [2.45, 2.75) is 25.3 Å². The molecule has 0 fully saturated rings. The summed E-state index contributed by atoms with van der Waals surface area (Å²) in [6.07, 6.45) is 0.0632. The highest BCUT2D eigenvalue weighted by Gasteiger charge is 2.33. The van der Waals surface area contributed by atoms with E-state index in [1.54, 1.807) is 20.3 Å². The van der Waals surface area contributed by atoms with E-state index in [2.05, 4.69) is 5.10 Å². The first-order valence-corrected chi connectivity index (χ1v) is 9.26. The number of nitrogens with zero attached hydrogens (tertiary/aromatic N) is 2. The van der Waals surface area contributed by atoms with E-state index in [0.29, 0.717) is 17.9 Å². The summed E-state index contributed by atoms with van der Waals surface area (Å²) in [7, 11) is 3.12. The number of carboxylic acid groups (broad SMARTS) is 1. The van der Waals surface area contributed by atoms with Crippen LogP contribution in [0.15, 0.2) is 40.8 Å². The summed E-state index contributed by atoms with van der Waals surface area (Å²) in [6, 6.07) is 9.08. The van der Waals surface area contributed by atoms with Crippen molar-refractivity contribution in [2.75, 3.05) is 14.2 Å². The maximum absolute atomic E-state index is 12.5. The summed E-state index contributed by atoms with van der Waals surface area (Å²) < 4.78 is 10.6. The van der Waals surface area contributed by atoms with E-state index >= 15 is 0 Å². The Hall–Kier alpha value is -2.87. The summed E-state index contributed by atoms with van der Waals surface area (Å²) in [4.78, 5) is 24.2. The third-order valence-electron chi connectivity index (χ3n) is 4.30. The molecule has 0 aliphatic carbocycles. The van der Waals surface area contributed by atoms with E-state index in [1.807, 2.05) is 29.6 Å². The van der Waals surface area contributed by atoms with Gasteiger partial charge in [-0.2, -0.15) is 5.10 Å². The number of benzene rings is 1. The Morgan fingerprint density at radius 3 is 2.63 bits per heavy atom. The number of methoxy groups -OCH3 is 2. The van der Waals surface area contributed by atoms with Crippen LogP contribution in [-0.4, -0.2) is 36.8 Å². The second-order valence-corrected chi connectivity index (χ2v) is 6.94. The maximum Gasteiger partial charge on any atom is 0.243 e. The molecule has 0 unspecified atom stereocenters. The van der Waals surface area contributed by atoms with Gasteiger partial charge in [0.05, 0.1) is 26.0 Å². The molecule has 1 aliphatic rings. The maximum atomic E-state index is 12.5. The second-order valence-electron chi connectivity index (χ2n) is 5.96. The average Bonchev–Trinajstić information content (AvgIpc) is 3.34. The van der Waals surface area contributed by atoms with Gasteiger partial charge in [-0.1, -0.05) is 6.07 Å². The molecule has 0 N–H and O–H groups in total. The van der Waals surface area contributed by atoms with E-state index < -0.39 is 5.97 Å². The second kappa shape index (κ2) is 8.22. The van der Waals surface area contributed by atoms with Gasteiger partial charge in [-0.05, 0) is 36.1 Å². The topological polar surface area (TPSA) is 91.3 Å². The molecule has 0 saturated heterocycles. The van der Waals surface area contributed by atoms with Gasteiger partial charge in [0.25, 0.3) is 0 Å². The SMILES string of the molecule is COc1ccc(C2=NN(C(=O)CCC(=O)[O-])[C@@H](c3cccs3)C2)cc1OC. The third kappa shape index (κ3) is 4.11. The minimum atomic E-state index is -1.25. The van der Waals surface area contributed by atoms with Gasteiger partial charge < -0.3 is 19.4 Å². The fraction of sp³-hybridized carbons (Fsp3) is 0.316. The van der Waals surface area contributed by atoms with Crippen LogP contribution < -0.4 is 14.6 Å². The number of hydrazone groups is 1. The van der Waals surface area contributed by atoms with E-state index in [1.165, 1.54) is 16.3 Å². The Morgan fingerprint density at radius 1 is 1.22 bits per heavy atom. The van der Waals surface area contributed by atoms with Crippen molar-refractivity contribution in [1.29, 1.82) is 0 Å². The lowest BCUT2D eigenvalue weighted by Crippen LogP contribution is -2.29. The molecule has 3 rings (SSSR count). The number of carbonyl (C=O) groups is 2. The molecule has 27 heavy (non-hydrogen) atoms. The molecule has 142 valence electrons. The van der Waals surface area contributed by atoms with Crippen molar-refractivity contribution in [3.63, 3.8) is 0 Å². The molecule has 1 amide bonds. The third-order valence-corrected chi connectivity index (χ3v) is 5.27. The number of rotatable bonds is 7. The fourth-order valence-electron chi connectivity index (χ4n) is 2.96. The van der Waals surface area contributed by atoms with Gasteiger partial charge in [-0.15, -0.1) is 11.3 Å². The van der Waals surface area contributed by atoms with Crippen molar-refractivity contribution >= 4 is 28.9 Å². The molecule has 7 nitrogen and oxygen atoms in total. The van der Waals surface area contributed by atoms with Crippen molar-refractivity contribution < 1.29 is 24.2 Å². The molecular formula is C19H19N2O5S-. The number of hydrogen-bond acceptors (Lipinski definition) is 7. The van der Waals surface area contributed by atoms with E-state index in [-0.39, 0.29) is 24.8 Å². The zero-order valence-electron chi connectivity index (χ0n) is 15.0. The number of thiophene rings is 1. The molecule has 1 atom stereocenters. The number of ether oxygens (including phenoxy) is 2. The van der Waals surface area contributed by atoms with E-state index in [4.69, 9.17) is 9.47 Å². The smallest absolute Gasteiger partial charge is 0.243 e. The van der Waals surface area contributed by atoms with Crippen molar-refractivity contribution in [2.24, 2.45) is 5.10 Å². The normalized spacial score (nSPS) is 16.1. The molecule has 0 radical (unpaired) electrons. The molecule has 1 aliphatic heterocycles. The summed E-state index contributed by atoms with van der Waals surface area (Å²) in [5.74, 6) is -0.406. The lowest BCUT2D eigenvalue weighted by Gasteiger charge is -2.20. The van der Waals surface area contributed by atoms with Crippen molar-refractivity contribution in [3.8, 4) is 11.5 Å². The predicted molar refractivity (Wildman–Crippen MR) is 98.8 cm³/mol. The Kier molecular flexibility index (Phi) is 5.75. The van der Waals surface area contributed by atoms with Crippen molar-refractivity contribution in [1.82, 2.24) is 5.01 Å². The van der Waals surface area contributed by atoms with Crippen LogP contribution in [0.1, 0.15) is 35.7 Å². The average molecular weight is 387 g/mol. The molecule has 0 bridgehead atoms. The summed E-state index contributed by atoms with van der Waals surface area (Å²) in [5.41, 5.74) is 1.56. The number of hydrogen-bond donors (Lipinski definition) is 0. The highest BCUT2D eigenvalue weighted by molar-refractivity contribution is 7.10. The first kappa shape index (κ1) is 18.9. The molecular weight excluding hydrogens is 368 g/mol. The van der Waals surface area contributed by atoms with Crippen LogP contribution in [0.5, 0.6) is 11.5 Å². The molecule has 8 heteroatoms.